The fraction of sp³-hybridized carbons (Fsp3) is 0.167. The van der Waals surface area contributed by atoms with Gasteiger partial charge in [-0.2, -0.15) is 5.26 Å². The average molecular weight is 276 g/mol. The maximum atomic E-state index is 8.67. The van der Waals surface area contributed by atoms with Gasteiger partial charge in [-0.15, -0.1) is 0 Å². The van der Waals surface area contributed by atoms with E-state index in [2.05, 4.69) is 39.1 Å². The van der Waals surface area contributed by atoms with Crippen molar-refractivity contribution in [3.63, 3.8) is 0 Å². The van der Waals surface area contributed by atoms with Crippen molar-refractivity contribution in [2.45, 2.75) is 13.0 Å². The minimum absolute atomic E-state index is 0.351. The molecule has 0 amide bonds. The summed E-state index contributed by atoms with van der Waals surface area (Å²) in [4.78, 5) is 4.26. The maximum Gasteiger partial charge on any atom is 0.113 e. The monoisotopic (exact) mass is 275 g/mol. The lowest BCUT2D eigenvalue weighted by molar-refractivity contribution is 0.764. The smallest absolute Gasteiger partial charge is 0.113 e. The first-order valence-corrected chi connectivity index (χ1v) is 5.70. The zero-order chi connectivity index (χ0) is 11.4. The Balaban J connectivity index is 2.21. The second kappa shape index (κ2) is 4.95. The molecule has 3 nitrogen and oxygen atoms in total. The highest BCUT2D eigenvalue weighted by Gasteiger charge is 2.03. The van der Waals surface area contributed by atoms with E-state index in [-0.39, 0.29) is 0 Å². The van der Waals surface area contributed by atoms with Crippen molar-refractivity contribution in [2.75, 3.05) is 0 Å². The molecule has 0 radical (unpaired) electrons. The maximum absolute atomic E-state index is 8.67. The van der Waals surface area contributed by atoms with Crippen molar-refractivity contribution in [1.82, 2.24) is 9.55 Å². The van der Waals surface area contributed by atoms with Crippen LogP contribution in [0.4, 0.5) is 0 Å². The minimum Gasteiger partial charge on any atom is -0.321 e. The molecule has 16 heavy (non-hydrogen) atoms. The molecule has 0 aliphatic carbocycles. The number of nitrogens with zero attached hydrogens (tertiary/aromatic N) is 3. The van der Waals surface area contributed by atoms with Gasteiger partial charge in [0.05, 0.1) is 6.07 Å². The van der Waals surface area contributed by atoms with Gasteiger partial charge in [0.1, 0.15) is 12.4 Å². The SMILES string of the molecule is N#CCn1ccnc1Cc1cccc(Br)c1. The van der Waals surface area contributed by atoms with Crippen LogP contribution in [-0.2, 0) is 13.0 Å². The number of rotatable bonds is 3. The molecule has 0 saturated carbocycles. The molecule has 0 unspecified atom stereocenters. The van der Waals surface area contributed by atoms with Crippen molar-refractivity contribution in [3.8, 4) is 6.07 Å². The van der Waals surface area contributed by atoms with E-state index in [0.29, 0.717) is 6.54 Å². The van der Waals surface area contributed by atoms with Crippen LogP contribution in [-0.4, -0.2) is 9.55 Å². The lowest BCUT2D eigenvalue weighted by Crippen LogP contribution is -2.02. The predicted octanol–water partition coefficient (Wildman–Crippen LogP) is 2.76. The Morgan fingerprint density at radius 1 is 1.44 bits per heavy atom. The Kier molecular flexibility index (Phi) is 3.37. The standard InChI is InChI=1S/C12H10BrN3/c13-11-3-1-2-10(8-11)9-12-15-5-7-16(12)6-4-14/h1-3,5,7-8H,6,9H2. The summed E-state index contributed by atoms with van der Waals surface area (Å²) in [5.41, 5.74) is 1.18. The summed E-state index contributed by atoms with van der Waals surface area (Å²) in [7, 11) is 0. The van der Waals surface area contributed by atoms with Crippen LogP contribution in [0, 0.1) is 11.3 Å². The summed E-state index contributed by atoms with van der Waals surface area (Å²) in [5.74, 6) is 0.916. The number of hydrogen-bond donors (Lipinski definition) is 0. The molecule has 0 fully saturated rings. The first-order valence-electron chi connectivity index (χ1n) is 4.91. The normalized spacial score (nSPS) is 10.0. The highest BCUT2D eigenvalue weighted by molar-refractivity contribution is 9.10. The largest absolute Gasteiger partial charge is 0.321 e. The van der Waals surface area contributed by atoms with Crippen LogP contribution < -0.4 is 0 Å². The zero-order valence-electron chi connectivity index (χ0n) is 8.60. The molecule has 1 aromatic carbocycles. The van der Waals surface area contributed by atoms with Crippen LogP contribution in [0.15, 0.2) is 41.1 Å². The summed E-state index contributed by atoms with van der Waals surface area (Å²) in [6, 6.07) is 10.2. The molecule has 1 heterocycles. The van der Waals surface area contributed by atoms with Gasteiger partial charge in [-0.05, 0) is 17.7 Å². The Morgan fingerprint density at radius 3 is 3.06 bits per heavy atom. The molecule has 0 N–H and O–H groups in total. The second-order valence-corrected chi connectivity index (χ2v) is 4.35. The molecule has 2 aromatic rings. The third kappa shape index (κ3) is 2.50. The average Bonchev–Trinajstić information content (AvgIpc) is 2.66. The van der Waals surface area contributed by atoms with E-state index in [1.807, 2.05) is 22.9 Å². The molecule has 0 aliphatic rings. The van der Waals surface area contributed by atoms with Crippen LogP contribution in [0.3, 0.4) is 0 Å². The van der Waals surface area contributed by atoms with E-state index in [0.717, 1.165) is 16.7 Å². The van der Waals surface area contributed by atoms with Crippen molar-refractivity contribution >= 4 is 15.9 Å². The van der Waals surface area contributed by atoms with E-state index in [9.17, 15) is 0 Å². The van der Waals surface area contributed by atoms with Gasteiger partial charge < -0.3 is 4.57 Å². The Labute approximate surface area is 102 Å². The van der Waals surface area contributed by atoms with Crippen LogP contribution in [0.25, 0.3) is 0 Å². The molecule has 80 valence electrons. The summed E-state index contributed by atoms with van der Waals surface area (Å²) >= 11 is 3.44. The Bertz CT molecular complexity index is 525. The molecular formula is C12H10BrN3. The van der Waals surface area contributed by atoms with Gasteiger partial charge in [0.2, 0.25) is 0 Å². The van der Waals surface area contributed by atoms with E-state index in [1.165, 1.54) is 5.56 Å². The molecule has 4 heteroatoms. The van der Waals surface area contributed by atoms with Crippen molar-refractivity contribution in [2.24, 2.45) is 0 Å². The predicted molar refractivity (Wildman–Crippen MR) is 64.8 cm³/mol. The number of imidazole rings is 1. The van der Waals surface area contributed by atoms with Gasteiger partial charge in [0, 0.05) is 23.3 Å². The third-order valence-corrected chi connectivity index (χ3v) is 2.79. The zero-order valence-corrected chi connectivity index (χ0v) is 10.2. The summed E-state index contributed by atoms with van der Waals surface area (Å²) in [5, 5.41) is 8.67. The Hall–Kier alpha value is -1.60. The topological polar surface area (TPSA) is 41.6 Å². The van der Waals surface area contributed by atoms with Crippen molar-refractivity contribution in [3.05, 3.63) is 52.5 Å². The second-order valence-electron chi connectivity index (χ2n) is 3.44. The minimum atomic E-state index is 0.351. The van der Waals surface area contributed by atoms with Gasteiger partial charge >= 0.3 is 0 Å². The number of hydrogen-bond acceptors (Lipinski definition) is 2. The summed E-state index contributed by atoms with van der Waals surface area (Å²) in [6.07, 6.45) is 4.30. The van der Waals surface area contributed by atoms with Crippen molar-refractivity contribution < 1.29 is 0 Å². The summed E-state index contributed by atoms with van der Waals surface area (Å²) in [6.45, 7) is 0.351. The van der Waals surface area contributed by atoms with Crippen LogP contribution >= 0.6 is 15.9 Å². The molecular weight excluding hydrogens is 266 g/mol. The molecule has 0 bridgehead atoms. The first kappa shape index (κ1) is 10.9. The van der Waals surface area contributed by atoms with E-state index >= 15 is 0 Å². The molecule has 1 aromatic heterocycles. The van der Waals surface area contributed by atoms with Gasteiger partial charge in [-0.25, -0.2) is 4.98 Å². The number of halogens is 1. The highest BCUT2D eigenvalue weighted by Crippen LogP contribution is 2.14. The molecule has 0 saturated heterocycles. The van der Waals surface area contributed by atoms with E-state index in [1.54, 1.807) is 6.20 Å². The fourth-order valence-electron chi connectivity index (χ4n) is 1.56. The summed E-state index contributed by atoms with van der Waals surface area (Å²) < 4.78 is 2.92. The number of benzene rings is 1. The van der Waals surface area contributed by atoms with E-state index < -0.39 is 0 Å². The first-order chi connectivity index (χ1) is 7.79. The highest BCUT2D eigenvalue weighted by atomic mass is 79.9. The van der Waals surface area contributed by atoms with Crippen LogP contribution in [0.5, 0.6) is 0 Å². The number of aromatic nitrogens is 2. The number of nitriles is 1. The molecule has 0 aliphatic heterocycles. The molecule has 0 spiro atoms. The van der Waals surface area contributed by atoms with Gasteiger partial charge in [0.15, 0.2) is 0 Å². The molecule has 0 atom stereocenters. The lowest BCUT2D eigenvalue weighted by atomic mass is 10.1. The van der Waals surface area contributed by atoms with Crippen LogP contribution in [0.2, 0.25) is 0 Å². The third-order valence-electron chi connectivity index (χ3n) is 2.29. The molecule has 2 rings (SSSR count). The van der Waals surface area contributed by atoms with Gasteiger partial charge in [0.25, 0.3) is 0 Å². The van der Waals surface area contributed by atoms with Crippen LogP contribution in [0.1, 0.15) is 11.4 Å². The fourth-order valence-corrected chi connectivity index (χ4v) is 2.00. The lowest BCUT2D eigenvalue weighted by Gasteiger charge is -2.04. The quantitative estimate of drug-likeness (QED) is 0.865. The Morgan fingerprint density at radius 2 is 2.31 bits per heavy atom. The van der Waals surface area contributed by atoms with Gasteiger partial charge in [-0.1, -0.05) is 28.1 Å². The van der Waals surface area contributed by atoms with Crippen molar-refractivity contribution in [1.29, 1.82) is 5.26 Å². The van der Waals surface area contributed by atoms with E-state index in [4.69, 9.17) is 5.26 Å². The van der Waals surface area contributed by atoms with Gasteiger partial charge in [-0.3, -0.25) is 0 Å².